The Hall–Kier alpha value is -2.08. The molecule has 2 amide bonds. The van der Waals surface area contributed by atoms with Crippen LogP contribution in [0.3, 0.4) is 0 Å². The first-order valence-corrected chi connectivity index (χ1v) is 8.50. The van der Waals surface area contributed by atoms with Crippen LogP contribution in [0.2, 0.25) is 0 Å². The summed E-state index contributed by atoms with van der Waals surface area (Å²) in [5.74, 6) is 0.931. The van der Waals surface area contributed by atoms with E-state index in [-0.39, 0.29) is 36.3 Å². The number of nitrogens with one attached hydrogen (secondary N) is 2. The van der Waals surface area contributed by atoms with E-state index in [2.05, 4.69) is 16.7 Å². The molecule has 0 radical (unpaired) electrons. The average Bonchev–Trinajstić information content (AvgIpc) is 2.97. The van der Waals surface area contributed by atoms with Crippen LogP contribution in [0.15, 0.2) is 18.2 Å². The van der Waals surface area contributed by atoms with Gasteiger partial charge in [0.25, 0.3) is 0 Å². The molecule has 24 heavy (non-hydrogen) atoms. The lowest BCUT2D eigenvalue weighted by Crippen LogP contribution is -2.42. The van der Waals surface area contributed by atoms with Gasteiger partial charge in [0.1, 0.15) is 5.75 Å². The van der Waals surface area contributed by atoms with Gasteiger partial charge in [-0.2, -0.15) is 0 Å². The molecule has 3 N–H and O–H groups in total. The fourth-order valence-corrected chi connectivity index (χ4v) is 3.37. The first-order chi connectivity index (χ1) is 11.5. The van der Waals surface area contributed by atoms with Crippen LogP contribution >= 0.6 is 0 Å². The van der Waals surface area contributed by atoms with Gasteiger partial charge in [-0.15, -0.1) is 0 Å². The fraction of sp³-hybridized carbons (Fsp3) is 0.556. The van der Waals surface area contributed by atoms with Gasteiger partial charge in [-0.05, 0) is 42.0 Å². The Morgan fingerprint density at radius 2 is 2.17 bits per heavy atom. The Bertz CT molecular complexity index is 625. The van der Waals surface area contributed by atoms with E-state index in [4.69, 9.17) is 4.74 Å². The molecule has 0 aromatic heterocycles. The van der Waals surface area contributed by atoms with Crippen molar-refractivity contribution in [2.45, 2.75) is 44.8 Å². The van der Waals surface area contributed by atoms with Gasteiger partial charge in [-0.25, -0.2) is 0 Å². The van der Waals surface area contributed by atoms with Gasteiger partial charge < -0.3 is 20.5 Å². The number of hydrogen-bond acceptors (Lipinski definition) is 4. The molecule has 1 heterocycles. The first kappa shape index (κ1) is 16.8. The monoisotopic (exact) mass is 332 g/mol. The third-order valence-corrected chi connectivity index (χ3v) is 4.74. The van der Waals surface area contributed by atoms with Crippen LogP contribution in [0.4, 0.5) is 0 Å². The summed E-state index contributed by atoms with van der Waals surface area (Å²) >= 11 is 0. The number of fused-ring (bicyclic) bond motifs is 1. The number of ether oxygens (including phenoxy) is 1. The highest BCUT2D eigenvalue weighted by atomic mass is 16.5. The van der Waals surface area contributed by atoms with Crippen molar-refractivity contribution in [1.29, 1.82) is 0 Å². The smallest absolute Gasteiger partial charge is 0.222 e. The number of rotatable bonds is 6. The second-order valence-corrected chi connectivity index (χ2v) is 6.63. The van der Waals surface area contributed by atoms with Gasteiger partial charge in [0.15, 0.2) is 0 Å². The van der Waals surface area contributed by atoms with Crippen LogP contribution in [0.25, 0.3) is 0 Å². The highest BCUT2D eigenvalue weighted by molar-refractivity contribution is 5.78. The van der Waals surface area contributed by atoms with Gasteiger partial charge in [0.2, 0.25) is 11.8 Å². The Kier molecular flexibility index (Phi) is 5.04. The van der Waals surface area contributed by atoms with Gasteiger partial charge in [-0.3, -0.25) is 9.59 Å². The number of aliphatic hydroxyl groups is 1. The number of aliphatic hydroxyl groups excluding tert-OH is 1. The molecule has 1 saturated carbocycles. The molecule has 0 spiro atoms. The lowest BCUT2D eigenvalue weighted by molar-refractivity contribution is -0.123. The van der Waals surface area contributed by atoms with E-state index in [1.54, 1.807) is 0 Å². The molecule has 1 unspecified atom stereocenters. The minimum Gasteiger partial charge on any atom is -0.493 e. The first-order valence-electron chi connectivity index (χ1n) is 8.50. The number of carbonyl (C=O) groups is 2. The molecule has 1 atom stereocenters. The molecule has 130 valence electrons. The van der Waals surface area contributed by atoms with Crippen LogP contribution in [0.1, 0.15) is 43.4 Å². The van der Waals surface area contributed by atoms with Crippen LogP contribution in [0, 0.1) is 5.92 Å². The summed E-state index contributed by atoms with van der Waals surface area (Å²) in [7, 11) is 0. The summed E-state index contributed by atoms with van der Waals surface area (Å²) < 4.78 is 5.54. The highest BCUT2D eigenvalue weighted by Gasteiger charge is 2.36. The highest BCUT2D eigenvalue weighted by Crippen LogP contribution is 2.39. The molecule has 3 rings (SSSR count). The van der Waals surface area contributed by atoms with Gasteiger partial charge in [0.05, 0.1) is 18.8 Å². The quantitative estimate of drug-likeness (QED) is 0.727. The lowest BCUT2D eigenvalue weighted by Gasteiger charge is -2.38. The van der Waals surface area contributed by atoms with Crippen molar-refractivity contribution in [3.05, 3.63) is 29.3 Å². The van der Waals surface area contributed by atoms with E-state index in [9.17, 15) is 14.7 Å². The fourth-order valence-electron chi connectivity index (χ4n) is 3.37. The molecule has 1 aliphatic carbocycles. The maximum Gasteiger partial charge on any atom is 0.222 e. The molecule has 1 aliphatic heterocycles. The zero-order valence-corrected chi connectivity index (χ0v) is 13.9. The minimum atomic E-state index is -0.272. The van der Waals surface area contributed by atoms with Crippen LogP contribution in [-0.4, -0.2) is 36.2 Å². The van der Waals surface area contributed by atoms with E-state index in [0.717, 1.165) is 17.7 Å². The molecule has 1 fully saturated rings. The number of hydrogen-bond donors (Lipinski definition) is 3. The molecule has 1 aromatic rings. The van der Waals surface area contributed by atoms with Crippen molar-refractivity contribution in [3.8, 4) is 5.75 Å². The molecule has 0 saturated heterocycles. The van der Waals surface area contributed by atoms with Crippen molar-refractivity contribution < 1.29 is 19.4 Å². The molecule has 1 aromatic carbocycles. The average molecular weight is 332 g/mol. The molecule has 6 heteroatoms. The number of benzene rings is 1. The van der Waals surface area contributed by atoms with Crippen molar-refractivity contribution in [2.75, 3.05) is 13.2 Å². The minimum absolute atomic E-state index is 0.0908. The van der Waals surface area contributed by atoms with Gasteiger partial charge >= 0.3 is 0 Å². The third kappa shape index (κ3) is 3.87. The predicted molar refractivity (Wildman–Crippen MR) is 88.6 cm³/mol. The van der Waals surface area contributed by atoms with Crippen molar-refractivity contribution in [2.24, 2.45) is 5.92 Å². The molecule has 0 bridgehead atoms. The predicted octanol–water partition coefficient (Wildman–Crippen LogP) is 1.08. The third-order valence-electron chi connectivity index (χ3n) is 4.74. The van der Waals surface area contributed by atoms with E-state index < -0.39 is 0 Å². The summed E-state index contributed by atoms with van der Waals surface area (Å²) in [6.45, 7) is 2.47. The van der Waals surface area contributed by atoms with Crippen LogP contribution < -0.4 is 15.4 Å². The molecular formula is C18H24N2O4. The zero-order valence-electron chi connectivity index (χ0n) is 13.9. The number of carbonyl (C=O) groups excluding carboxylic acids is 2. The Morgan fingerprint density at radius 1 is 1.38 bits per heavy atom. The summed E-state index contributed by atoms with van der Waals surface area (Å²) in [6, 6.07) is 5.95. The van der Waals surface area contributed by atoms with E-state index in [0.29, 0.717) is 26.0 Å². The van der Waals surface area contributed by atoms with Gasteiger partial charge in [0, 0.05) is 26.3 Å². The second kappa shape index (κ2) is 7.21. The van der Waals surface area contributed by atoms with E-state index >= 15 is 0 Å². The molecule has 6 nitrogen and oxygen atoms in total. The van der Waals surface area contributed by atoms with Crippen LogP contribution in [0.5, 0.6) is 5.75 Å². The Morgan fingerprint density at radius 3 is 2.88 bits per heavy atom. The largest absolute Gasteiger partial charge is 0.493 e. The van der Waals surface area contributed by atoms with E-state index in [1.165, 1.54) is 12.5 Å². The normalized spacial score (nSPS) is 22.8. The van der Waals surface area contributed by atoms with Crippen molar-refractivity contribution in [1.82, 2.24) is 10.6 Å². The summed E-state index contributed by atoms with van der Waals surface area (Å²) in [4.78, 5) is 23.1. The molecular weight excluding hydrogens is 308 g/mol. The van der Waals surface area contributed by atoms with Crippen LogP contribution in [-0.2, 0) is 16.0 Å². The Labute approximate surface area is 141 Å². The van der Waals surface area contributed by atoms with Gasteiger partial charge in [-0.1, -0.05) is 6.07 Å². The topological polar surface area (TPSA) is 87.7 Å². The number of amides is 2. The summed E-state index contributed by atoms with van der Waals surface area (Å²) in [6.07, 6.45) is 2.26. The lowest BCUT2D eigenvalue weighted by atomic mass is 9.75. The zero-order chi connectivity index (χ0) is 17.1. The SMILES string of the molecule is CC(=O)NCCC(=O)NC(c1ccc2c(c1)CCO2)C1CC(O)C1. The summed E-state index contributed by atoms with van der Waals surface area (Å²) in [5.41, 5.74) is 2.23. The molecule has 2 aliphatic rings. The maximum absolute atomic E-state index is 12.2. The maximum atomic E-state index is 12.2. The van der Waals surface area contributed by atoms with Crippen molar-refractivity contribution >= 4 is 11.8 Å². The second-order valence-electron chi connectivity index (χ2n) is 6.63. The van der Waals surface area contributed by atoms with E-state index in [1.807, 2.05) is 12.1 Å². The van der Waals surface area contributed by atoms with Crippen molar-refractivity contribution in [3.63, 3.8) is 0 Å². The standard InChI is InChI=1S/C18H24N2O4/c1-11(21)19-6-4-17(23)20-18(14-9-15(22)10-14)13-2-3-16-12(8-13)5-7-24-16/h2-3,8,14-15,18,22H,4-7,9-10H2,1H3,(H,19,21)(H,20,23). The Balaban J connectivity index is 1.67. The summed E-state index contributed by atoms with van der Waals surface area (Å²) in [5, 5.41) is 15.3.